The Kier molecular flexibility index (Phi) is 3.37. The second-order valence-corrected chi connectivity index (χ2v) is 3.12. The molecule has 0 aliphatic rings. The predicted molar refractivity (Wildman–Crippen MR) is 48.3 cm³/mol. The molecule has 0 radical (unpaired) electrons. The molecule has 1 aromatic rings. The number of alkyl halides is 2. The highest BCUT2D eigenvalue weighted by Gasteiger charge is 2.16. The minimum absolute atomic E-state index is 0.0273. The minimum Gasteiger partial charge on any atom is -0.241 e. The van der Waals surface area contributed by atoms with E-state index in [4.69, 9.17) is 16.9 Å². The lowest BCUT2D eigenvalue weighted by Crippen LogP contribution is -2.00. The number of nitrogens with zero attached hydrogens (tertiary/aromatic N) is 2. The Morgan fingerprint density at radius 2 is 2.29 bits per heavy atom. The molecule has 2 nitrogen and oxygen atoms in total. The molecule has 14 heavy (non-hydrogen) atoms. The SMILES string of the molecule is Cc1nc(Cl)cc(C(F)F)c1CC#N. The summed E-state index contributed by atoms with van der Waals surface area (Å²) in [7, 11) is 0. The highest BCUT2D eigenvalue weighted by Crippen LogP contribution is 2.27. The molecule has 0 atom stereocenters. The molecule has 0 saturated heterocycles. The van der Waals surface area contributed by atoms with Crippen LogP contribution in [0.15, 0.2) is 6.07 Å². The summed E-state index contributed by atoms with van der Waals surface area (Å²) in [5.41, 5.74) is 0.449. The number of pyridine rings is 1. The van der Waals surface area contributed by atoms with E-state index < -0.39 is 6.43 Å². The molecule has 1 rings (SSSR count). The molecule has 0 aliphatic carbocycles. The summed E-state index contributed by atoms with van der Waals surface area (Å²) in [6, 6.07) is 2.93. The topological polar surface area (TPSA) is 36.7 Å². The number of hydrogen-bond donors (Lipinski definition) is 0. The lowest BCUT2D eigenvalue weighted by Gasteiger charge is -2.08. The normalized spacial score (nSPS) is 10.3. The van der Waals surface area contributed by atoms with Gasteiger partial charge >= 0.3 is 0 Å². The molecule has 0 unspecified atom stereocenters. The summed E-state index contributed by atoms with van der Waals surface area (Å²) in [6.07, 6.45) is -2.70. The zero-order chi connectivity index (χ0) is 10.7. The Bertz CT molecular complexity index is 385. The Balaban J connectivity index is 3.30. The number of rotatable bonds is 2. The van der Waals surface area contributed by atoms with Crippen molar-refractivity contribution >= 4 is 11.6 Å². The van der Waals surface area contributed by atoms with Gasteiger partial charge in [-0.05, 0) is 18.6 Å². The molecule has 0 spiro atoms. The monoisotopic (exact) mass is 216 g/mol. The highest BCUT2D eigenvalue weighted by atomic mass is 35.5. The van der Waals surface area contributed by atoms with E-state index in [0.29, 0.717) is 5.69 Å². The second-order valence-electron chi connectivity index (χ2n) is 2.73. The number of aromatic nitrogens is 1. The van der Waals surface area contributed by atoms with E-state index >= 15 is 0 Å². The van der Waals surface area contributed by atoms with Gasteiger partial charge in [0, 0.05) is 11.3 Å². The molecular weight excluding hydrogens is 210 g/mol. The summed E-state index contributed by atoms with van der Waals surface area (Å²) in [5, 5.41) is 8.49. The summed E-state index contributed by atoms with van der Waals surface area (Å²) in [6.45, 7) is 1.56. The van der Waals surface area contributed by atoms with Crippen LogP contribution in [0.25, 0.3) is 0 Å². The Morgan fingerprint density at radius 1 is 1.64 bits per heavy atom. The third kappa shape index (κ3) is 2.18. The van der Waals surface area contributed by atoms with E-state index in [1.807, 2.05) is 6.07 Å². The molecule has 74 valence electrons. The quantitative estimate of drug-likeness (QED) is 0.713. The molecule has 0 aliphatic heterocycles. The zero-order valence-corrected chi connectivity index (χ0v) is 8.15. The van der Waals surface area contributed by atoms with Gasteiger partial charge in [0.25, 0.3) is 6.43 Å². The van der Waals surface area contributed by atoms with Crippen molar-refractivity contribution in [1.82, 2.24) is 4.98 Å². The standard InChI is InChI=1S/C9H7ClF2N2/c1-5-6(2-3-13)7(9(11)12)4-8(10)14-5/h4,9H,2H2,1H3. The Hall–Kier alpha value is -1.21. The van der Waals surface area contributed by atoms with Gasteiger partial charge in [0.15, 0.2) is 0 Å². The molecule has 0 amide bonds. The van der Waals surface area contributed by atoms with E-state index in [1.165, 1.54) is 0 Å². The lowest BCUT2D eigenvalue weighted by molar-refractivity contribution is 0.150. The van der Waals surface area contributed by atoms with Gasteiger partial charge < -0.3 is 0 Å². The number of halogens is 3. The maximum absolute atomic E-state index is 12.5. The summed E-state index contributed by atoms with van der Waals surface area (Å²) >= 11 is 5.54. The van der Waals surface area contributed by atoms with Crippen molar-refractivity contribution in [3.63, 3.8) is 0 Å². The molecule has 5 heteroatoms. The van der Waals surface area contributed by atoms with Crippen LogP contribution < -0.4 is 0 Å². The van der Waals surface area contributed by atoms with Crippen LogP contribution in [-0.4, -0.2) is 4.98 Å². The van der Waals surface area contributed by atoms with Crippen LogP contribution in [0.5, 0.6) is 0 Å². The first-order valence-corrected chi connectivity index (χ1v) is 4.25. The van der Waals surface area contributed by atoms with E-state index in [1.54, 1.807) is 6.92 Å². The average Bonchev–Trinajstić information content (AvgIpc) is 2.09. The van der Waals surface area contributed by atoms with Gasteiger partial charge in [-0.25, -0.2) is 13.8 Å². The fraction of sp³-hybridized carbons (Fsp3) is 0.333. The van der Waals surface area contributed by atoms with Crippen LogP contribution in [0.4, 0.5) is 8.78 Å². The van der Waals surface area contributed by atoms with Crippen molar-refractivity contribution in [3.05, 3.63) is 28.0 Å². The average molecular weight is 217 g/mol. The summed E-state index contributed by atoms with van der Waals surface area (Å²) < 4.78 is 25.0. The third-order valence-electron chi connectivity index (χ3n) is 1.83. The van der Waals surface area contributed by atoms with Crippen molar-refractivity contribution < 1.29 is 8.78 Å². The lowest BCUT2D eigenvalue weighted by atomic mass is 10.0. The first-order valence-electron chi connectivity index (χ1n) is 3.87. The second kappa shape index (κ2) is 4.34. The first-order chi connectivity index (χ1) is 6.56. The van der Waals surface area contributed by atoms with Crippen LogP contribution in [0.2, 0.25) is 5.15 Å². The molecule has 1 aromatic heterocycles. The first kappa shape index (κ1) is 10.9. The largest absolute Gasteiger partial charge is 0.264 e. The van der Waals surface area contributed by atoms with Crippen LogP contribution in [0, 0.1) is 18.3 Å². The van der Waals surface area contributed by atoms with Crippen molar-refractivity contribution in [2.45, 2.75) is 19.8 Å². The molecule has 0 fully saturated rings. The van der Waals surface area contributed by atoms with Gasteiger partial charge in [0.05, 0.1) is 12.5 Å². The van der Waals surface area contributed by atoms with Crippen LogP contribution in [0.3, 0.4) is 0 Å². The third-order valence-corrected chi connectivity index (χ3v) is 2.02. The van der Waals surface area contributed by atoms with Gasteiger partial charge in [-0.15, -0.1) is 0 Å². The van der Waals surface area contributed by atoms with Gasteiger partial charge in [-0.2, -0.15) is 5.26 Å². The van der Waals surface area contributed by atoms with E-state index in [9.17, 15) is 8.78 Å². The molecule has 1 heterocycles. The van der Waals surface area contributed by atoms with Crippen molar-refractivity contribution in [3.8, 4) is 6.07 Å². The number of aryl methyl sites for hydroxylation is 1. The van der Waals surface area contributed by atoms with Crippen molar-refractivity contribution in [2.75, 3.05) is 0 Å². The van der Waals surface area contributed by atoms with Crippen molar-refractivity contribution in [1.29, 1.82) is 5.26 Å². The molecular formula is C9H7ClF2N2. The number of nitriles is 1. The predicted octanol–water partition coefficient (Wildman–Crippen LogP) is 3.05. The zero-order valence-electron chi connectivity index (χ0n) is 7.39. The molecule has 0 aromatic carbocycles. The summed E-state index contributed by atoms with van der Waals surface area (Å²) in [5.74, 6) is 0. The molecule has 0 bridgehead atoms. The van der Waals surface area contributed by atoms with Gasteiger partial charge in [-0.1, -0.05) is 11.6 Å². The fourth-order valence-corrected chi connectivity index (χ4v) is 1.43. The summed E-state index contributed by atoms with van der Waals surface area (Å²) in [4.78, 5) is 3.82. The fourth-order valence-electron chi connectivity index (χ4n) is 1.19. The van der Waals surface area contributed by atoms with Gasteiger partial charge in [0.2, 0.25) is 0 Å². The smallest absolute Gasteiger partial charge is 0.241 e. The van der Waals surface area contributed by atoms with E-state index in [2.05, 4.69) is 4.98 Å². The molecule has 0 saturated carbocycles. The number of hydrogen-bond acceptors (Lipinski definition) is 2. The van der Waals surface area contributed by atoms with E-state index in [-0.39, 0.29) is 22.7 Å². The van der Waals surface area contributed by atoms with E-state index in [0.717, 1.165) is 6.07 Å². The molecule has 0 N–H and O–H groups in total. The van der Waals surface area contributed by atoms with Gasteiger partial charge in [-0.3, -0.25) is 0 Å². The maximum Gasteiger partial charge on any atom is 0.264 e. The Morgan fingerprint density at radius 3 is 2.79 bits per heavy atom. The van der Waals surface area contributed by atoms with Crippen LogP contribution in [-0.2, 0) is 6.42 Å². The van der Waals surface area contributed by atoms with Crippen LogP contribution >= 0.6 is 11.6 Å². The minimum atomic E-state index is -2.63. The highest BCUT2D eigenvalue weighted by molar-refractivity contribution is 6.29. The van der Waals surface area contributed by atoms with Crippen molar-refractivity contribution in [2.24, 2.45) is 0 Å². The van der Waals surface area contributed by atoms with Gasteiger partial charge in [0.1, 0.15) is 5.15 Å². The van der Waals surface area contributed by atoms with Crippen LogP contribution in [0.1, 0.15) is 23.2 Å². The Labute approximate surface area is 85.1 Å². The maximum atomic E-state index is 12.5.